The maximum absolute atomic E-state index is 11.8. The Hall–Kier alpha value is -2.73. The van der Waals surface area contributed by atoms with Crippen molar-refractivity contribution in [3.8, 4) is 11.5 Å². The van der Waals surface area contributed by atoms with Gasteiger partial charge in [-0.05, 0) is 37.3 Å². The highest BCUT2D eigenvalue weighted by atomic mass is 35.5. The smallest absolute Gasteiger partial charge is 0.265 e. The summed E-state index contributed by atoms with van der Waals surface area (Å²) in [5, 5.41) is 6.89. The Morgan fingerprint density at radius 1 is 1.24 bits per heavy atom. The second-order valence-electron chi connectivity index (χ2n) is 4.88. The number of hydrogen-bond donors (Lipinski definition) is 1. The standard InChI is InChI=1S/C18H19ClN2O4/c1-3-24-17-10-13(8-9-16(17)23-2)11-20-25-12-18(22)21-15-7-5-4-6-14(15)19/h4-11H,3,12H2,1-2H3,(H,21,22). The van der Waals surface area contributed by atoms with Crippen LogP contribution in [0, 0.1) is 0 Å². The number of hydrogen-bond acceptors (Lipinski definition) is 5. The van der Waals surface area contributed by atoms with Gasteiger partial charge in [0.2, 0.25) is 0 Å². The maximum Gasteiger partial charge on any atom is 0.265 e. The number of amides is 1. The van der Waals surface area contributed by atoms with E-state index in [2.05, 4.69) is 10.5 Å². The molecule has 0 radical (unpaired) electrons. The van der Waals surface area contributed by atoms with E-state index in [1.54, 1.807) is 49.6 Å². The van der Waals surface area contributed by atoms with Crippen LogP contribution in [0.1, 0.15) is 12.5 Å². The molecule has 0 atom stereocenters. The number of halogens is 1. The van der Waals surface area contributed by atoms with Gasteiger partial charge in [-0.2, -0.15) is 0 Å². The highest BCUT2D eigenvalue weighted by Crippen LogP contribution is 2.27. The van der Waals surface area contributed by atoms with E-state index in [1.807, 2.05) is 6.92 Å². The fourth-order valence-corrected chi connectivity index (χ4v) is 2.17. The van der Waals surface area contributed by atoms with Crippen LogP contribution in [0.25, 0.3) is 0 Å². The van der Waals surface area contributed by atoms with Crippen molar-refractivity contribution in [3.63, 3.8) is 0 Å². The largest absolute Gasteiger partial charge is 0.493 e. The highest BCUT2D eigenvalue weighted by molar-refractivity contribution is 6.33. The number of anilines is 1. The Morgan fingerprint density at radius 2 is 2.04 bits per heavy atom. The van der Waals surface area contributed by atoms with Gasteiger partial charge < -0.3 is 19.6 Å². The average molecular weight is 363 g/mol. The molecule has 0 fully saturated rings. The van der Waals surface area contributed by atoms with Crippen molar-refractivity contribution in [2.45, 2.75) is 6.92 Å². The number of carbonyl (C=O) groups is 1. The van der Waals surface area contributed by atoms with Crippen LogP contribution >= 0.6 is 11.6 Å². The van der Waals surface area contributed by atoms with Gasteiger partial charge in [-0.25, -0.2) is 0 Å². The third-order valence-corrected chi connectivity index (χ3v) is 3.44. The molecule has 1 N–H and O–H groups in total. The second kappa shape index (κ2) is 9.54. The van der Waals surface area contributed by atoms with E-state index in [4.69, 9.17) is 25.9 Å². The Balaban J connectivity index is 1.87. The van der Waals surface area contributed by atoms with Crippen LogP contribution in [-0.4, -0.2) is 32.4 Å². The zero-order valence-electron chi connectivity index (χ0n) is 14.0. The number of benzene rings is 2. The zero-order chi connectivity index (χ0) is 18.1. The molecule has 0 saturated carbocycles. The Kier molecular flexibility index (Phi) is 7.10. The molecule has 0 aliphatic heterocycles. The van der Waals surface area contributed by atoms with Crippen LogP contribution < -0.4 is 14.8 Å². The van der Waals surface area contributed by atoms with Gasteiger partial charge in [0.05, 0.1) is 30.6 Å². The van der Waals surface area contributed by atoms with Crippen LogP contribution in [0.4, 0.5) is 5.69 Å². The van der Waals surface area contributed by atoms with Crippen molar-refractivity contribution in [1.29, 1.82) is 0 Å². The first-order valence-electron chi connectivity index (χ1n) is 7.64. The summed E-state index contributed by atoms with van der Waals surface area (Å²) in [6, 6.07) is 12.3. The van der Waals surface area contributed by atoms with Crippen molar-refractivity contribution in [2.75, 3.05) is 25.6 Å². The van der Waals surface area contributed by atoms with Gasteiger partial charge in [0, 0.05) is 5.56 Å². The minimum Gasteiger partial charge on any atom is -0.493 e. The van der Waals surface area contributed by atoms with Gasteiger partial charge in [0.25, 0.3) is 5.91 Å². The molecule has 7 heteroatoms. The molecule has 2 rings (SSSR count). The number of methoxy groups -OCH3 is 1. The number of para-hydroxylation sites is 1. The summed E-state index contributed by atoms with van der Waals surface area (Å²) in [4.78, 5) is 16.8. The second-order valence-corrected chi connectivity index (χ2v) is 5.29. The van der Waals surface area contributed by atoms with Crippen LogP contribution in [0.15, 0.2) is 47.6 Å². The third kappa shape index (κ3) is 5.69. The molecule has 1 amide bonds. The van der Waals surface area contributed by atoms with Crippen LogP contribution in [0.3, 0.4) is 0 Å². The maximum atomic E-state index is 11.8. The number of nitrogens with one attached hydrogen (secondary N) is 1. The van der Waals surface area contributed by atoms with Crippen molar-refractivity contribution >= 4 is 29.4 Å². The molecule has 0 aliphatic carbocycles. The molecule has 0 saturated heterocycles. The highest BCUT2D eigenvalue weighted by Gasteiger charge is 2.06. The van der Waals surface area contributed by atoms with Gasteiger partial charge >= 0.3 is 0 Å². The SMILES string of the molecule is CCOc1cc(C=NOCC(=O)Nc2ccccc2Cl)ccc1OC. The summed E-state index contributed by atoms with van der Waals surface area (Å²) in [7, 11) is 1.58. The van der Waals surface area contributed by atoms with Crippen molar-refractivity contribution < 1.29 is 19.1 Å². The van der Waals surface area contributed by atoms with E-state index in [0.29, 0.717) is 28.8 Å². The Morgan fingerprint density at radius 3 is 2.76 bits per heavy atom. The number of ether oxygens (including phenoxy) is 2. The quantitative estimate of drug-likeness (QED) is 0.573. The third-order valence-electron chi connectivity index (χ3n) is 3.11. The normalized spacial score (nSPS) is 10.5. The molecule has 0 bridgehead atoms. The molecule has 0 aromatic heterocycles. The first kappa shape index (κ1) is 18.6. The summed E-state index contributed by atoms with van der Waals surface area (Å²) in [6.07, 6.45) is 1.49. The van der Waals surface area contributed by atoms with Crippen molar-refractivity contribution in [3.05, 3.63) is 53.1 Å². The number of carbonyl (C=O) groups excluding carboxylic acids is 1. The van der Waals surface area contributed by atoms with Crippen molar-refractivity contribution in [2.24, 2.45) is 5.16 Å². The summed E-state index contributed by atoms with van der Waals surface area (Å²) in [5.41, 5.74) is 1.29. The molecule has 2 aromatic carbocycles. The molecule has 6 nitrogen and oxygen atoms in total. The summed E-state index contributed by atoms with van der Waals surface area (Å²) >= 11 is 5.97. The predicted molar refractivity (Wildman–Crippen MR) is 97.8 cm³/mol. The Labute approximate surface area is 151 Å². The van der Waals surface area contributed by atoms with E-state index in [0.717, 1.165) is 5.56 Å². The monoisotopic (exact) mass is 362 g/mol. The fraction of sp³-hybridized carbons (Fsp3) is 0.222. The predicted octanol–water partition coefficient (Wildman–Crippen LogP) is 3.74. The molecule has 25 heavy (non-hydrogen) atoms. The number of rotatable bonds is 8. The topological polar surface area (TPSA) is 69.2 Å². The van der Waals surface area contributed by atoms with Gasteiger partial charge in [-0.15, -0.1) is 0 Å². The van der Waals surface area contributed by atoms with E-state index >= 15 is 0 Å². The van der Waals surface area contributed by atoms with Gasteiger partial charge in [-0.1, -0.05) is 28.9 Å². The minimum atomic E-state index is -0.352. The number of oxime groups is 1. The first-order chi connectivity index (χ1) is 12.1. The lowest BCUT2D eigenvalue weighted by Gasteiger charge is -2.09. The lowest BCUT2D eigenvalue weighted by molar-refractivity contribution is -0.120. The van der Waals surface area contributed by atoms with Crippen LogP contribution in [0.5, 0.6) is 11.5 Å². The molecule has 132 valence electrons. The molecule has 0 aliphatic rings. The summed E-state index contributed by atoms with van der Waals surface area (Å²) in [5.74, 6) is 0.902. The summed E-state index contributed by atoms with van der Waals surface area (Å²) in [6.45, 7) is 2.19. The van der Waals surface area contributed by atoms with E-state index in [9.17, 15) is 4.79 Å². The fourth-order valence-electron chi connectivity index (χ4n) is 1.98. The Bertz CT molecular complexity index is 750. The van der Waals surface area contributed by atoms with Crippen LogP contribution in [-0.2, 0) is 9.63 Å². The molecular weight excluding hydrogens is 344 g/mol. The zero-order valence-corrected chi connectivity index (χ0v) is 14.7. The van der Waals surface area contributed by atoms with Crippen LogP contribution in [0.2, 0.25) is 5.02 Å². The lowest BCUT2D eigenvalue weighted by Crippen LogP contribution is -2.17. The van der Waals surface area contributed by atoms with Gasteiger partial charge in [0.1, 0.15) is 0 Å². The van der Waals surface area contributed by atoms with Gasteiger partial charge in [0.15, 0.2) is 18.1 Å². The molecule has 0 unspecified atom stereocenters. The first-order valence-corrected chi connectivity index (χ1v) is 8.02. The molecule has 0 spiro atoms. The minimum absolute atomic E-state index is 0.226. The molecule has 2 aromatic rings. The van der Waals surface area contributed by atoms with Gasteiger partial charge in [-0.3, -0.25) is 4.79 Å². The molecular formula is C18H19ClN2O4. The van der Waals surface area contributed by atoms with E-state index in [-0.39, 0.29) is 12.5 Å². The van der Waals surface area contributed by atoms with E-state index in [1.165, 1.54) is 6.21 Å². The summed E-state index contributed by atoms with van der Waals surface area (Å²) < 4.78 is 10.7. The number of nitrogens with zero attached hydrogens (tertiary/aromatic N) is 1. The molecule has 0 heterocycles. The van der Waals surface area contributed by atoms with E-state index < -0.39 is 0 Å². The van der Waals surface area contributed by atoms with Crippen molar-refractivity contribution in [1.82, 2.24) is 0 Å². The lowest BCUT2D eigenvalue weighted by atomic mass is 10.2. The average Bonchev–Trinajstić information content (AvgIpc) is 2.61.